The number of hydrazone groups is 1. The Morgan fingerprint density at radius 3 is 2.50 bits per heavy atom. The van der Waals surface area contributed by atoms with Crippen molar-refractivity contribution in [2.24, 2.45) is 5.10 Å². The topological polar surface area (TPSA) is 148 Å². The normalized spacial score (nSPS) is 10.7. The van der Waals surface area contributed by atoms with E-state index in [-0.39, 0.29) is 16.1 Å². The molecule has 0 saturated heterocycles. The monoisotopic (exact) mass is 378 g/mol. The van der Waals surface area contributed by atoms with E-state index in [0.29, 0.717) is 6.07 Å². The number of benzene rings is 2. The molecule has 26 heavy (non-hydrogen) atoms. The van der Waals surface area contributed by atoms with Gasteiger partial charge in [-0.3, -0.25) is 25.0 Å². The van der Waals surface area contributed by atoms with Crippen molar-refractivity contribution in [3.8, 4) is 5.75 Å². The fourth-order valence-electron chi connectivity index (χ4n) is 1.99. The summed E-state index contributed by atoms with van der Waals surface area (Å²) in [5.74, 6) is -1.47. The molecule has 2 rings (SSSR count). The summed E-state index contributed by atoms with van der Waals surface area (Å²) in [5, 5.41) is 35.3. The smallest absolute Gasteiger partial charge is 0.318 e. The first-order valence-electron chi connectivity index (χ1n) is 6.96. The second-order valence-corrected chi connectivity index (χ2v) is 5.51. The van der Waals surface area contributed by atoms with Crippen LogP contribution in [0.5, 0.6) is 5.75 Å². The van der Waals surface area contributed by atoms with Crippen LogP contribution in [0, 0.1) is 27.2 Å². The molecule has 0 aliphatic carbocycles. The minimum absolute atomic E-state index is 0.142. The fraction of sp³-hybridized carbons (Fsp3) is 0.0667. The minimum atomic E-state index is -0.968. The van der Waals surface area contributed by atoms with E-state index in [1.54, 1.807) is 19.1 Å². The molecule has 0 spiro atoms. The highest BCUT2D eigenvalue weighted by Crippen LogP contribution is 2.33. The first-order chi connectivity index (χ1) is 12.2. The minimum Gasteiger partial charge on any atom is -0.502 e. The molecule has 0 saturated carbocycles. The van der Waals surface area contributed by atoms with Crippen LogP contribution >= 0.6 is 11.6 Å². The number of hydrogen-bond donors (Lipinski definition) is 2. The Morgan fingerprint density at radius 1 is 1.23 bits per heavy atom. The van der Waals surface area contributed by atoms with Crippen molar-refractivity contribution in [2.75, 3.05) is 0 Å². The molecule has 0 unspecified atom stereocenters. The van der Waals surface area contributed by atoms with Gasteiger partial charge in [0.1, 0.15) is 0 Å². The third kappa shape index (κ3) is 4.11. The van der Waals surface area contributed by atoms with E-state index >= 15 is 0 Å². The van der Waals surface area contributed by atoms with Gasteiger partial charge in [0.2, 0.25) is 5.75 Å². The molecular weight excluding hydrogens is 368 g/mol. The van der Waals surface area contributed by atoms with Gasteiger partial charge in [0.05, 0.1) is 38.3 Å². The molecule has 1 amide bonds. The molecule has 2 aromatic rings. The number of phenolic OH excluding ortho intramolecular Hbond substituents is 1. The molecule has 0 atom stereocenters. The molecule has 0 radical (unpaired) electrons. The Kier molecular flexibility index (Phi) is 5.48. The van der Waals surface area contributed by atoms with Crippen molar-refractivity contribution in [3.63, 3.8) is 0 Å². The molecule has 0 bridgehead atoms. The molecular formula is C15H11ClN4O6. The third-order valence-corrected chi connectivity index (χ3v) is 3.56. The van der Waals surface area contributed by atoms with Crippen LogP contribution in [0.1, 0.15) is 21.5 Å². The Hall–Kier alpha value is -3.53. The summed E-state index contributed by atoms with van der Waals surface area (Å²) in [6.07, 6.45) is 0.856. The number of aryl methyl sites for hydroxylation is 1. The van der Waals surface area contributed by atoms with Crippen molar-refractivity contribution in [1.29, 1.82) is 0 Å². The number of hydrogen-bond acceptors (Lipinski definition) is 7. The van der Waals surface area contributed by atoms with Crippen LogP contribution in [-0.2, 0) is 0 Å². The van der Waals surface area contributed by atoms with E-state index in [1.807, 2.05) is 0 Å². The average molecular weight is 379 g/mol. The summed E-state index contributed by atoms with van der Waals surface area (Å²) in [6.45, 7) is 1.80. The molecule has 134 valence electrons. The number of aromatic hydroxyl groups is 1. The SMILES string of the molecule is Cc1ccc(C(=O)N/N=C\c2cc([N+](=O)[O-])cc([N+](=O)[O-])c2O)c(Cl)c1. The number of nitrogens with one attached hydrogen (secondary N) is 1. The van der Waals surface area contributed by atoms with Crippen LogP contribution in [0.15, 0.2) is 35.4 Å². The van der Waals surface area contributed by atoms with Gasteiger partial charge in [-0.1, -0.05) is 17.7 Å². The van der Waals surface area contributed by atoms with Crippen molar-refractivity contribution >= 4 is 35.1 Å². The fourth-order valence-corrected chi connectivity index (χ4v) is 2.31. The molecule has 0 aromatic heterocycles. The van der Waals surface area contributed by atoms with Crippen LogP contribution in [-0.4, -0.2) is 27.1 Å². The zero-order valence-electron chi connectivity index (χ0n) is 13.2. The Bertz CT molecular complexity index is 944. The summed E-state index contributed by atoms with van der Waals surface area (Å²) >= 11 is 5.95. The van der Waals surface area contributed by atoms with E-state index in [1.165, 1.54) is 6.07 Å². The van der Waals surface area contributed by atoms with E-state index in [9.17, 15) is 30.1 Å². The summed E-state index contributed by atoms with van der Waals surface area (Å²) < 4.78 is 0. The predicted octanol–water partition coefficient (Wildman–Crippen LogP) is 2.93. The van der Waals surface area contributed by atoms with Gasteiger partial charge < -0.3 is 5.11 Å². The lowest BCUT2D eigenvalue weighted by Gasteiger charge is -2.04. The number of phenols is 1. The lowest BCUT2D eigenvalue weighted by Crippen LogP contribution is -2.18. The van der Waals surface area contributed by atoms with Crippen molar-refractivity contribution in [1.82, 2.24) is 5.43 Å². The van der Waals surface area contributed by atoms with Crippen LogP contribution in [0.4, 0.5) is 11.4 Å². The predicted molar refractivity (Wildman–Crippen MR) is 92.7 cm³/mol. The average Bonchev–Trinajstić information content (AvgIpc) is 2.55. The zero-order chi connectivity index (χ0) is 19.4. The Balaban J connectivity index is 2.28. The maximum Gasteiger partial charge on any atom is 0.318 e. The first-order valence-corrected chi connectivity index (χ1v) is 7.34. The molecule has 0 fully saturated rings. The number of amides is 1. The van der Waals surface area contributed by atoms with Gasteiger partial charge in [-0.15, -0.1) is 0 Å². The Labute approximate surface area is 151 Å². The van der Waals surface area contributed by atoms with Gasteiger partial charge in [-0.2, -0.15) is 5.10 Å². The Morgan fingerprint density at radius 2 is 1.92 bits per heavy atom. The molecule has 10 nitrogen and oxygen atoms in total. The number of nitro benzene ring substituents is 2. The van der Waals surface area contributed by atoms with Gasteiger partial charge in [0.25, 0.3) is 11.6 Å². The zero-order valence-corrected chi connectivity index (χ0v) is 13.9. The maximum atomic E-state index is 12.0. The lowest BCUT2D eigenvalue weighted by molar-refractivity contribution is -0.394. The number of rotatable bonds is 5. The largest absolute Gasteiger partial charge is 0.502 e. The van der Waals surface area contributed by atoms with E-state index in [4.69, 9.17) is 11.6 Å². The van der Waals surface area contributed by atoms with Gasteiger partial charge in [0, 0.05) is 6.07 Å². The standard InChI is InChI=1S/C15H11ClN4O6/c1-8-2-3-11(12(16)4-8)15(22)18-17-7-9-5-10(19(23)24)6-13(14(9)21)20(25)26/h2-7,21H,1H3,(H,18,22)/b17-7-. The van der Waals surface area contributed by atoms with E-state index in [2.05, 4.69) is 10.5 Å². The summed E-state index contributed by atoms with van der Waals surface area (Å²) in [6, 6.07) is 6.24. The molecule has 2 aromatic carbocycles. The van der Waals surface area contributed by atoms with Crippen LogP contribution < -0.4 is 5.43 Å². The number of nitro groups is 2. The number of halogens is 1. The maximum absolute atomic E-state index is 12.0. The second kappa shape index (κ2) is 7.57. The van der Waals surface area contributed by atoms with Crippen LogP contribution in [0.3, 0.4) is 0 Å². The van der Waals surface area contributed by atoms with E-state index < -0.39 is 32.9 Å². The highest BCUT2D eigenvalue weighted by Gasteiger charge is 2.23. The summed E-state index contributed by atoms with van der Waals surface area (Å²) in [5.41, 5.74) is 1.36. The van der Waals surface area contributed by atoms with E-state index in [0.717, 1.165) is 17.8 Å². The highest BCUT2D eigenvalue weighted by molar-refractivity contribution is 6.33. The first kappa shape index (κ1) is 18.8. The van der Waals surface area contributed by atoms with Gasteiger partial charge >= 0.3 is 5.69 Å². The number of carbonyl (C=O) groups excluding carboxylic acids is 1. The van der Waals surface area contributed by atoms with Crippen LogP contribution in [0.25, 0.3) is 0 Å². The lowest BCUT2D eigenvalue weighted by atomic mass is 10.1. The third-order valence-electron chi connectivity index (χ3n) is 3.25. The van der Waals surface area contributed by atoms with Crippen molar-refractivity contribution < 1.29 is 19.7 Å². The number of carbonyl (C=O) groups is 1. The van der Waals surface area contributed by atoms with Gasteiger partial charge in [0.15, 0.2) is 0 Å². The van der Waals surface area contributed by atoms with Crippen LogP contribution in [0.2, 0.25) is 5.02 Å². The van der Waals surface area contributed by atoms with Gasteiger partial charge in [-0.05, 0) is 24.6 Å². The summed E-state index contributed by atoms with van der Waals surface area (Å²) in [7, 11) is 0. The molecule has 0 heterocycles. The highest BCUT2D eigenvalue weighted by atomic mass is 35.5. The van der Waals surface area contributed by atoms with Crippen molar-refractivity contribution in [2.45, 2.75) is 6.92 Å². The molecule has 0 aliphatic rings. The second-order valence-electron chi connectivity index (χ2n) is 5.10. The quantitative estimate of drug-likeness (QED) is 0.464. The number of non-ortho nitro benzene ring substituents is 1. The molecule has 11 heteroatoms. The number of nitrogens with zero attached hydrogens (tertiary/aromatic N) is 3. The molecule has 2 N–H and O–H groups in total. The molecule has 0 aliphatic heterocycles. The van der Waals surface area contributed by atoms with Gasteiger partial charge in [-0.25, -0.2) is 5.43 Å². The van der Waals surface area contributed by atoms with Crippen molar-refractivity contribution in [3.05, 3.63) is 72.3 Å². The summed E-state index contributed by atoms with van der Waals surface area (Å²) in [4.78, 5) is 31.9.